The molecular formula is C14H21BrN2. The van der Waals surface area contributed by atoms with Gasteiger partial charge in [0.1, 0.15) is 0 Å². The molecule has 0 bridgehead atoms. The molecule has 2 rings (SSSR count). The molecule has 0 heterocycles. The van der Waals surface area contributed by atoms with Crippen LogP contribution < -0.4 is 11.1 Å². The number of nitrogen functional groups attached to an aromatic ring is 1. The quantitative estimate of drug-likeness (QED) is 0.626. The van der Waals surface area contributed by atoms with Crippen molar-refractivity contribution < 1.29 is 0 Å². The molecule has 94 valence electrons. The van der Waals surface area contributed by atoms with Crippen molar-refractivity contribution in [3.8, 4) is 0 Å². The second-order valence-electron chi connectivity index (χ2n) is 5.19. The van der Waals surface area contributed by atoms with Crippen molar-refractivity contribution in [2.24, 2.45) is 5.92 Å². The van der Waals surface area contributed by atoms with Gasteiger partial charge in [0.25, 0.3) is 0 Å². The zero-order chi connectivity index (χ0) is 12.3. The van der Waals surface area contributed by atoms with E-state index < -0.39 is 0 Å². The summed E-state index contributed by atoms with van der Waals surface area (Å²) in [5, 5.41) is 3.63. The normalized spacial score (nSPS) is 25.3. The first-order chi connectivity index (χ1) is 8.15. The minimum atomic E-state index is 0.611. The van der Waals surface area contributed by atoms with Gasteiger partial charge in [-0.2, -0.15) is 0 Å². The third-order valence-corrected chi connectivity index (χ3v) is 4.27. The molecular weight excluding hydrogens is 276 g/mol. The van der Waals surface area contributed by atoms with Crippen LogP contribution in [0.5, 0.6) is 0 Å². The molecule has 3 N–H and O–H groups in total. The molecule has 2 unspecified atom stereocenters. The summed E-state index contributed by atoms with van der Waals surface area (Å²) in [6.45, 7) is 2.36. The monoisotopic (exact) mass is 296 g/mol. The van der Waals surface area contributed by atoms with Crippen LogP contribution in [0.4, 0.5) is 11.4 Å². The van der Waals surface area contributed by atoms with Gasteiger partial charge in [-0.25, -0.2) is 0 Å². The molecule has 0 spiro atoms. The number of benzene rings is 1. The molecule has 0 aliphatic heterocycles. The van der Waals surface area contributed by atoms with E-state index in [0.29, 0.717) is 6.04 Å². The molecule has 17 heavy (non-hydrogen) atoms. The van der Waals surface area contributed by atoms with Gasteiger partial charge in [0.15, 0.2) is 0 Å². The maximum Gasteiger partial charge on any atom is 0.0488 e. The van der Waals surface area contributed by atoms with Crippen LogP contribution in [-0.2, 0) is 0 Å². The lowest BCUT2D eigenvalue weighted by molar-refractivity contribution is 0.502. The van der Waals surface area contributed by atoms with E-state index in [1.165, 1.54) is 37.8 Å². The summed E-state index contributed by atoms with van der Waals surface area (Å²) in [6, 6.07) is 6.59. The highest BCUT2D eigenvalue weighted by Crippen LogP contribution is 2.29. The third-order valence-electron chi connectivity index (χ3n) is 3.61. The van der Waals surface area contributed by atoms with Crippen molar-refractivity contribution in [2.75, 3.05) is 11.1 Å². The average molecular weight is 297 g/mol. The highest BCUT2D eigenvalue weighted by Gasteiger charge is 2.16. The van der Waals surface area contributed by atoms with E-state index in [9.17, 15) is 0 Å². The number of nitrogens with two attached hydrogens (primary N) is 1. The van der Waals surface area contributed by atoms with Gasteiger partial charge in [-0.05, 0) is 59.3 Å². The van der Waals surface area contributed by atoms with E-state index in [0.717, 1.165) is 16.1 Å². The molecule has 0 radical (unpaired) electrons. The molecule has 2 nitrogen and oxygen atoms in total. The summed E-state index contributed by atoms with van der Waals surface area (Å²) in [7, 11) is 0. The van der Waals surface area contributed by atoms with Crippen molar-refractivity contribution >= 4 is 27.3 Å². The Kier molecular flexibility index (Phi) is 4.32. The summed E-state index contributed by atoms with van der Waals surface area (Å²) in [4.78, 5) is 0. The molecule has 1 aromatic rings. The Labute approximate surface area is 112 Å². The van der Waals surface area contributed by atoms with Gasteiger partial charge in [0.05, 0.1) is 0 Å². The van der Waals surface area contributed by atoms with Gasteiger partial charge < -0.3 is 11.1 Å². The second-order valence-corrected chi connectivity index (χ2v) is 6.05. The van der Waals surface area contributed by atoms with Crippen molar-refractivity contribution in [2.45, 2.75) is 45.1 Å². The van der Waals surface area contributed by atoms with Crippen LogP contribution in [0.2, 0.25) is 0 Å². The fourth-order valence-corrected chi connectivity index (χ4v) is 3.01. The molecule has 0 amide bonds. The number of halogens is 1. The molecule has 0 saturated heterocycles. The molecule has 3 heteroatoms. The van der Waals surface area contributed by atoms with Crippen molar-refractivity contribution in [3.63, 3.8) is 0 Å². The van der Waals surface area contributed by atoms with Gasteiger partial charge in [0, 0.05) is 21.9 Å². The second kappa shape index (κ2) is 5.76. The lowest BCUT2D eigenvalue weighted by Gasteiger charge is -2.19. The zero-order valence-corrected chi connectivity index (χ0v) is 12.0. The van der Waals surface area contributed by atoms with Crippen LogP contribution in [-0.4, -0.2) is 6.04 Å². The van der Waals surface area contributed by atoms with Crippen LogP contribution in [0.15, 0.2) is 22.7 Å². The summed E-state index contributed by atoms with van der Waals surface area (Å²) < 4.78 is 1.06. The van der Waals surface area contributed by atoms with E-state index in [1.54, 1.807) is 0 Å². The smallest absolute Gasteiger partial charge is 0.0488 e. The van der Waals surface area contributed by atoms with E-state index in [1.807, 2.05) is 12.1 Å². The van der Waals surface area contributed by atoms with Crippen molar-refractivity contribution in [1.82, 2.24) is 0 Å². The van der Waals surface area contributed by atoms with Crippen molar-refractivity contribution in [3.05, 3.63) is 22.7 Å². The minimum absolute atomic E-state index is 0.611. The Hall–Kier alpha value is -0.700. The van der Waals surface area contributed by atoms with Gasteiger partial charge >= 0.3 is 0 Å². The predicted molar refractivity (Wildman–Crippen MR) is 78.2 cm³/mol. The fraction of sp³-hybridized carbons (Fsp3) is 0.571. The summed E-state index contributed by atoms with van der Waals surface area (Å²) in [5.74, 6) is 0.886. The number of rotatable bonds is 2. The Bertz CT molecular complexity index is 378. The maximum absolute atomic E-state index is 5.75. The average Bonchev–Trinajstić information content (AvgIpc) is 2.48. The molecule has 1 aliphatic carbocycles. The third kappa shape index (κ3) is 3.63. The van der Waals surface area contributed by atoms with Crippen LogP contribution in [0.25, 0.3) is 0 Å². The standard InChI is InChI=1S/C14H21BrN2/c1-10-3-2-4-12(7-5-10)17-14-8-6-11(16)9-13(14)15/h6,8-10,12,17H,2-5,7,16H2,1H3. The molecule has 1 aromatic carbocycles. The summed E-state index contributed by atoms with van der Waals surface area (Å²) in [5.41, 5.74) is 7.71. The lowest BCUT2D eigenvalue weighted by Crippen LogP contribution is -2.18. The molecule has 0 aromatic heterocycles. The number of hydrogen-bond acceptors (Lipinski definition) is 2. The Morgan fingerprint density at radius 3 is 2.82 bits per heavy atom. The maximum atomic E-state index is 5.75. The molecule has 1 aliphatic rings. The van der Waals surface area contributed by atoms with Crippen LogP contribution in [0.3, 0.4) is 0 Å². The molecule has 1 fully saturated rings. The number of anilines is 2. The summed E-state index contributed by atoms with van der Waals surface area (Å²) >= 11 is 3.56. The van der Waals surface area contributed by atoms with E-state index in [4.69, 9.17) is 5.73 Å². The van der Waals surface area contributed by atoms with E-state index >= 15 is 0 Å². The van der Waals surface area contributed by atoms with Gasteiger partial charge in [0.2, 0.25) is 0 Å². The van der Waals surface area contributed by atoms with Gasteiger partial charge in [-0.3, -0.25) is 0 Å². The predicted octanol–water partition coefficient (Wildman–Crippen LogP) is 4.41. The molecule has 1 saturated carbocycles. The SMILES string of the molecule is CC1CCCC(Nc2ccc(N)cc2Br)CC1. The first-order valence-electron chi connectivity index (χ1n) is 6.46. The lowest BCUT2D eigenvalue weighted by atomic mass is 10.0. The van der Waals surface area contributed by atoms with Crippen LogP contribution >= 0.6 is 15.9 Å². The van der Waals surface area contributed by atoms with E-state index in [2.05, 4.69) is 34.2 Å². The zero-order valence-electron chi connectivity index (χ0n) is 10.4. The van der Waals surface area contributed by atoms with Crippen LogP contribution in [0, 0.1) is 5.92 Å². The Morgan fingerprint density at radius 1 is 1.24 bits per heavy atom. The first kappa shape index (κ1) is 12.7. The van der Waals surface area contributed by atoms with Gasteiger partial charge in [-0.1, -0.05) is 19.8 Å². The van der Waals surface area contributed by atoms with Crippen LogP contribution in [0.1, 0.15) is 39.0 Å². The topological polar surface area (TPSA) is 38.0 Å². The minimum Gasteiger partial charge on any atom is -0.399 e. The van der Waals surface area contributed by atoms with Crippen molar-refractivity contribution in [1.29, 1.82) is 0 Å². The summed E-state index contributed by atoms with van der Waals surface area (Å²) in [6.07, 6.45) is 6.61. The van der Waals surface area contributed by atoms with Gasteiger partial charge in [-0.15, -0.1) is 0 Å². The molecule has 2 atom stereocenters. The Morgan fingerprint density at radius 2 is 2.06 bits per heavy atom. The Balaban J connectivity index is 2.00. The number of hydrogen-bond donors (Lipinski definition) is 2. The number of nitrogens with one attached hydrogen (secondary N) is 1. The highest BCUT2D eigenvalue weighted by molar-refractivity contribution is 9.10. The fourth-order valence-electron chi connectivity index (χ4n) is 2.50. The highest BCUT2D eigenvalue weighted by atomic mass is 79.9. The largest absolute Gasteiger partial charge is 0.399 e. The van der Waals surface area contributed by atoms with E-state index in [-0.39, 0.29) is 0 Å². The first-order valence-corrected chi connectivity index (χ1v) is 7.26.